The number of aromatic nitrogens is 1. The fourth-order valence-corrected chi connectivity index (χ4v) is 1.59. The highest BCUT2D eigenvalue weighted by Gasteiger charge is 2.04. The number of hydrogen-bond acceptors (Lipinski definition) is 3. The van der Waals surface area contributed by atoms with Crippen molar-refractivity contribution in [1.82, 2.24) is 4.98 Å². The molecule has 0 saturated carbocycles. The van der Waals surface area contributed by atoms with Crippen molar-refractivity contribution in [2.24, 2.45) is 0 Å². The molecule has 1 heterocycles. The predicted molar refractivity (Wildman–Crippen MR) is 65.8 cm³/mol. The quantitative estimate of drug-likeness (QED) is 0.881. The summed E-state index contributed by atoms with van der Waals surface area (Å²) in [6.45, 7) is 0.230. The average molecular weight is 247 g/mol. The molecule has 0 aliphatic rings. The number of ether oxygens (including phenoxy) is 1. The van der Waals surface area contributed by atoms with E-state index in [0.29, 0.717) is 18.6 Å². The first-order chi connectivity index (χ1) is 8.79. The molecule has 0 radical (unpaired) electrons. The fraction of sp³-hybridized carbons (Fsp3) is 0.214. The van der Waals surface area contributed by atoms with E-state index in [0.717, 1.165) is 5.56 Å². The van der Waals surface area contributed by atoms with E-state index in [9.17, 15) is 4.39 Å². The average Bonchev–Trinajstić information content (AvgIpc) is 2.42. The van der Waals surface area contributed by atoms with Crippen molar-refractivity contribution < 1.29 is 14.2 Å². The Hall–Kier alpha value is -1.94. The first-order valence-electron chi connectivity index (χ1n) is 5.70. The van der Waals surface area contributed by atoms with Gasteiger partial charge in [0.2, 0.25) is 0 Å². The van der Waals surface area contributed by atoms with Crippen LogP contribution in [-0.2, 0) is 13.0 Å². The van der Waals surface area contributed by atoms with Gasteiger partial charge in [0.1, 0.15) is 0 Å². The van der Waals surface area contributed by atoms with Gasteiger partial charge in [-0.2, -0.15) is 0 Å². The van der Waals surface area contributed by atoms with Gasteiger partial charge >= 0.3 is 0 Å². The van der Waals surface area contributed by atoms with Crippen molar-refractivity contribution in [3.8, 4) is 5.75 Å². The Morgan fingerprint density at radius 1 is 1.11 bits per heavy atom. The van der Waals surface area contributed by atoms with Gasteiger partial charge in [0.25, 0.3) is 0 Å². The number of rotatable bonds is 5. The molecule has 0 spiro atoms. The molecular formula is C14H14FNO2. The zero-order chi connectivity index (χ0) is 12.8. The molecule has 0 aliphatic heterocycles. The first-order valence-corrected chi connectivity index (χ1v) is 5.70. The van der Waals surface area contributed by atoms with Gasteiger partial charge in [0.05, 0.1) is 13.2 Å². The molecule has 0 saturated heterocycles. The van der Waals surface area contributed by atoms with Gasteiger partial charge in [-0.25, -0.2) is 4.39 Å². The summed E-state index contributed by atoms with van der Waals surface area (Å²) in [7, 11) is 0. The van der Waals surface area contributed by atoms with Gasteiger partial charge in [0.15, 0.2) is 11.6 Å². The second kappa shape index (κ2) is 6.12. The zero-order valence-corrected chi connectivity index (χ0v) is 9.84. The third-order valence-electron chi connectivity index (χ3n) is 2.58. The van der Waals surface area contributed by atoms with Crippen molar-refractivity contribution in [3.05, 3.63) is 59.7 Å². The van der Waals surface area contributed by atoms with Crippen molar-refractivity contribution >= 4 is 0 Å². The number of aliphatic hydroxyl groups is 1. The summed E-state index contributed by atoms with van der Waals surface area (Å²) < 4.78 is 18.9. The zero-order valence-electron chi connectivity index (χ0n) is 9.84. The summed E-state index contributed by atoms with van der Waals surface area (Å²) in [4.78, 5) is 3.92. The lowest BCUT2D eigenvalue weighted by atomic mass is 10.2. The largest absolute Gasteiger partial charge is 0.490 e. The van der Waals surface area contributed by atoms with Crippen molar-refractivity contribution in [1.29, 1.82) is 0 Å². The van der Waals surface area contributed by atoms with Crippen LogP contribution in [0.15, 0.2) is 42.7 Å². The van der Waals surface area contributed by atoms with E-state index in [4.69, 9.17) is 9.84 Å². The maximum Gasteiger partial charge on any atom is 0.165 e. The van der Waals surface area contributed by atoms with Crippen LogP contribution in [0.2, 0.25) is 0 Å². The lowest BCUT2D eigenvalue weighted by molar-refractivity contribution is 0.279. The van der Waals surface area contributed by atoms with E-state index < -0.39 is 5.82 Å². The second-order valence-electron chi connectivity index (χ2n) is 3.88. The maximum absolute atomic E-state index is 13.5. The normalized spacial score (nSPS) is 10.3. The van der Waals surface area contributed by atoms with Crippen LogP contribution < -0.4 is 4.74 Å². The van der Waals surface area contributed by atoms with Crippen molar-refractivity contribution in [3.63, 3.8) is 0 Å². The highest BCUT2D eigenvalue weighted by atomic mass is 19.1. The van der Waals surface area contributed by atoms with Crippen LogP contribution >= 0.6 is 0 Å². The number of benzene rings is 1. The van der Waals surface area contributed by atoms with Crippen LogP contribution in [0.1, 0.15) is 11.1 Å². The molecule has 3 nitrogen and oxygen atoms in total. The lowest BCUT2D eigenvalue weighted by Gasteiger charge is -2.08. The molecule has 2 aromatic rings. The van der Waals surface area contributed by atoms with Crippen molar-refractivity contribution in [2.45, 2.75) is 13.0 Å². The Morgan fingerprint density at radius 2 is 1.89 bits per heavy atom. The van der Waals surface area contributed by atoms with Crippen LogP contribution in [0.4, 0.5) is 4.39 Å². The highest BCUT2D eigenvalue weighted by molar-refractivity contribution is 5.29. The Kier molecular flexibility index (Phi) is 4.25. The standard InChI is InChI=1S/C14H14FNO2/c15-13-9-12(10-17)1-2-14(13)18-8-5-11-3-6-16-7-4-11/h1-4,6-7,9,17H,5,8,10H2. The molecule has 0 fully saturated rings. The molecule has 0 unspecified atom stereocenters. The lowest BCUT2D eigenvalue weighted by Crippen LogP contribution is -2.03. The van der Waals surface area contributed by atoms with Crippen LogP contribution in [0.25, 0.3) is 0 Å². The third kappa shape index (κ3) is 3.28. The minimum absolute atomic E-state index is 0.172. The summed E-state index contributed by atoms with van der Waals surface area (Å²) in [5, 5.41) is 8.86. The molecule has 1 aromatic carbocycles. The molecule has 0 aliphatic carbocycles. The Labute approximate surface area is 105 Å². The summed E-state index contributed by atoms with van der Waals surface area (Å²) in [6, 6.07) is 8.25. The number of pyridine rings is 1. The molecular weight excluding hydrogens is 233 g/mol. The number of aliphatic hydroxyl groups excluding tert-OH is 1. The molecule has 2 rings (SSSR count). The van der Waals surface area contributed by atoms with E-state index in [1.165, 1.54) is 12.1 Å². The summed E-state index contributed by atoms with van der Waals surface area (Å²) in [6.07, 6.45) is 4.13. The maximum atomic E-state index is 13.5. The number of halogens is 1. The van der Waals surface area contributed by atoms with E-state index in [1.807, 2.05) is 12.1 Å². The van der Waals surface area contributed by atoms with Gasteiger partial charge in [-0.3, -0.25) is 4.98 Å². The van der Waals surface area contributed by atoms with Crippen LogP contribution in [0.5, 0.6) is 5.75 Å². The summed E-state index contributed by atoms with van der Waals surface area (Å²) in [5.41, 5.74) is 1.63. The van der Waals surface area contributed by atoms with Gasteiger partial charge in [-0.05, 0) is 35.4 Å². The van der Waals surface area contributed by atoms with Crippen LogP contribution in [0.3, 0.4) is 0 Å². The fourth-order valence-electron chi connectivity index (χ4n) is 1.59. The first kappa shape index (κ1) is 12.5. The molecule has 4 heteroatoms. The smallest absolute Gasteiger partial charge is 0.165 e. The SMILES string of the molecule is OCc1ccc(OCCc2ccncc2)c(F)c1. The van der Waals surface area contributed by atoms with E-state index >= 15 is 0 Å². The minimum atomic E-state index is -0.448. The summed E-state index contributed by atoms with van der Waals surface area (Å²) in [5.74, 6) is -0.238. The number of hydrogen-bond donors (Lipinski definition) is 1. The number of nitrogens with zero attached hydrogens (tertiary/aromatic N) is 1. The molecule has 1 aromatic heterocycles. The van der Waals surface area contributed by atoms with E-state index in [-0.39, 0.29) is 12.4 Å². The molecule has 18 heavy (non-hydrogen) atoms. The van der Waals surface area contributed by atoms with E-state index in [1.54, 1.807) is 18.5 Å². The Balaban J connectivity index is 1.91. The minimum Gasteiger partial charge on any atom is -0.490 e. The topological polar surface area (TPSA) is 42.4 Å². The van der Waals surface area contributed by atoms with Gasteiger partial charge in [-0.1, -0.05) is 6.07 Å². The Morgan fingerprint density at radius 3 is 2.56 bits per heavy atom. The molecule has 94 valence electrons. The highest BCUT2D eigenvalue weighted by Crippen LogP contribution is 2.18. The van der Waals surface area contributed by atoms with Gasteiger partial charge < -0.3 is 9.84 Å². The summed E-state index contributed by atoms with van der Waals surface area (Å²) >= 11 is 0. The molecule has 0 amide bonds. The van der Waals surface area contributed by atoms with Crippen LogP contribution in [0, 0.1) is 5.82 Å². The third-order valence-corrected chi connectivity index (χ3v) is 2.58. The molecule has 1 N–H and O–H groups in total. The van der Waals surface area contributed by atoms with Gasteiger partial charge in [-0.15, -0.1) is 0 Å². The molecule has 0 atom stereocenters. The predicted octanol–water partition coefficient (Wildman–Crippen LogP) is 2.33. The van der Waals surface area contributed by atoms with Crippen LogP contribution in [-0.4, -0.2) is 16.7 Å². The van der Waals surface area contributed by atoms with Crippen molar-refractivity contribution in [2.75, 3.05) is 6.61 Å². The molecule has 0 bridgehead atoms. The Bertz CT molecular complexity index is 502. The second-order valence-corrected chi connectivity index (χ2v) is 3.88. The van der Waals surface area contributed by atoms with E-state index in [2.05, 4.69) is 4.98 Å². The van der Waals surface area contributed by atoms with Gasteiger partial charge in [0, 0.05) is 18.8 Å². The monoisotopic (exact) mass is 247 g/mol.